The number of pyridine rings is 1. The Balaban J connectivity index is 2.64. The topological polar surface area (TPSA) is 12.9 Å². The molecule has 0 aromatic carbocycles. The molecule has 0 fully saturated rings. The monoisotopic (exact) mass is 145 g/mol. The molecule has 0 spiro atoms. The molecule has 1 heteroatoms. The van der Waals surface area contributed by atoms with E-state index in [-0.39, 0.29) is 0 Å². The van der Waals surface area contributed by atoms with Crippen molar-refractivity contribution in [1.82, 2.24) is 4.98 Å². The van der Waals surface area contributed by atoms with E-state index in [1.807, 2.05) is 49.4 Å². The van der Waals surface area contributed by atoms with Crippen LogP contribution in [-0.2, 0) is 0 Å². The standard InChI is InChI=1S/C10H11N/c1-2-3-4-7-10-8-5-6-9-11-10/h2-9H,1H3/b3-2-,7-4-. The molecule has 0 radical (unpaired) electrons. The van der Waals surface area contributed by atoms with E-state index in [1.54, 1.807) is 6.20 Å². The Morgan fingerprint density at radius 1 is 1.27 bits per heavy atom. The van der Waals surface area contributed by atoms with Crippen LogP contribution in [0.25, 0.3) is 6.08 Å². The molecule has 0 saturated heterocycles. The maximum atomic E-state index is 4.13. The van der Waals surface area contributed by atoms with Gasteiger partial charge >= 0.3 is 0 Å². The Morgan fingerprint density at radius 2 is 2.18 bits per heavy atom. The number of hydrogen-bond donors (Lipinski definition) is 0. The normalized spacial score (nSPS) is 11.4. The number of hydrogen-bond acceptors (Lipinski definition) is 1. The third-order valence-electron chi connectivity index (χ3n) is 1.26. The molecule has 1 aromatic rings. The summed E-state index contributed by atoms with van der Waals surface area (Å²) < 4.78 is 0. The molecule has 0 aliphatic carbocycles. The van der Waals surface area contributed by atoms with Crippen LogP contribution in [0.2, 0.25) is 0 Å². The molecule has 0 unspecified atom stereocenters. The van der Waals surface area contributed by atoms with Crippen LogP contribution < -0.4 is 0 Å². The SMILES string of the molecule is C/C=C\C=C/c1ccccn1. The average Bonchev–Trinajstić information content (AvgIpc) is 2.07. The maximum Gasteiger partial charge on any atom is 0.0629 e. The van der Waals surface area contributed by atoms with E-state index in [0.29, 0.717) is 0 Å². The molecule has 1 aromatic heterocycles. The largest absolute Gasteiger partial charge is 0.257 e. The van der Waals surface area contributed by atoms with Crippen molar-refractivity contribution in [3.05, 3.63) is 48.3 Å². The summed E-state index contributed by atoms with van der Waals surface area (Å²) in [6.45, 7) is 1.99. The lowest BCUT2D eigenvalue weighted by Crippen LogP contribution is -1.74. The van der Waals surface area contributed by atoms with Crippen LogP contribution >= 0.6 is 0 Å². The van der Waals surface area contributed by atoms with Gasteiger partial charge in [-0.25, -0.2) is 0 Å². The summed E-state index contributed by atoms with van der Waals surface area (Å²) in [5.41, 5.74) is 0.991. The fourth-order valence-corrected chi connectivity index (χ4v) is 0.740. The molecule has 0 atom stereocenters. The number of aromatic nitrogens is 1. The van der Waals surface area contributed by atoms with Gasteiger partial charge < -0.3 is 0 Å². The lowest BCUT2D eigenvalue weighted by molar-refractivity contribution is 1.30. The van der Waals surface area contributed by atoms with Crippen LogP contribution in [0.5, 0.6) is 0 Å². The van der Waals surface area contributed by atoms with Gasteiger partial charge in [-0.05, 0) is 25.1 Å². The van der Waals surface area contributed by atoms with Gasteiger partial charge in [-0.3, -0.25) is 4.98 Å². The molecule has 0 bridgehead atoms. The lowest BCUT2D eigenvalue weighted by Gasteiger charge is -1.86. The van der Waals surface area contributed by atoms with Gasteiger partial charge in [-0.1, -0.05) is 24.3 Å². The molecule has 0 saturated carbocycles. The lowest BCUT2D eigenvalue weighted by atomic mass is 10.3. The van der Waals surface area contributed by atoms with Crippen molar-refractivity contribution in [3.8, 4) is 0 Å². The van der Waals surface area contributed by atoms with Gasteiger partial charge in [0.15, 0.2) is 0 Å². The van der Waals surface area contributed by atoms with Crippen molar-refractivity contribution in [2.24, 2.45) is 0 Å². The first-order chi connectivity index (χ1) is 5.43. The molecule has 1 nitrogen and oxygen atoms in total. The molecule has 11 heavy (non-hydrogen) atoms. The molecule has 1 rings (SSSR count). The van der Waals surface area contributed by atoms with E-state index in [1.165, 1.54) is 0 Å². The van der Waals surface area contributed by atoms with Crippen LogP contribution in [0.3, 0.4) is 0 Å². The fourth-order valence-electron chi connectivity index (χ4n) is 0.740. The van der Waals surface area contributed by atoms with Gasteiger partial charge in [0.2, 0.25) is 0 Å². The minimum atomic E-state index is 0.991. The Labute approximate surface area is 67.1 Å². The maximum absolute atomic E-state index is 4.13. The molecule has 56 valence electrons. The summed E-state index contributed by atoms with van der Waals surface area (Å²) in [6.07, 6.45) is 9.70. The van der Waals surface area contributed by atoms with Crippen molar-refractivity contribution in [3.63, 3.8) is 0 Å². The molecule has 0 amide bonds. The van der Waals surface area contributed by atoms with Crippen LogP contribution in [0.1, 0.15) is 12.6 Å². The van der Waals surface area contributed by atoms with Gasteiger partial charge in [0.25, 0.3) is 0 Å². The van der Waals surface area contributed by atoms with Crippen molar-refractivity contribution in [2.45, 2.75) is 6.92 Å². The first-order valence-corrected chi connectivity index (χ1v) is 3.64. The quantitative estimate of drug-likeness (QED) is 0.583. The molecule has 0 aliphatic rings. The fraction of sp³-hybridized carbons (Fsp3) is 0.100. The van der Waals surface area contributed by atoms with E-state index in [2.05, 4.69) is 4.98 Å². The predicted molar refractivity (Wildman–Crippen MR) is 48.1 cm³/mol. The smallest absolute Gasteiger partial charge is 0.0629 e. The highest BCUT2D eigenvalue weighted by atomic mass is 14.6. The first kappa shape index (κ1) is 7.73. The molecule has 0 aliphatic heterocycles. The Hall–Kier alpha value is -1.37. The second-order valence-electron chi connectivity index (χ2n) is 2.14. The molecule has 0 N–H and O–H groups in total. The van der Waals surface area contributed by atoms with E-state index in [0.717, 1.165) is 5.69 Å². The Bertz CT molecular complexity index is 247. The van der Waals surface area contributed by atoms with E-state index in [4.69, 9.17) is 0 Å². The van der Waals surface area contributed by atoms with Crippen molar-refractivity contribution in [2.75, 3.05) is 0 Å². The van der Waals surface area contributed by atoms with Crippen molar-refractivity contribution >= 4 is 6.08 Å². The summed E-state index contributed by atoms with van der Waals surface area (Å²) in [6, 6.07) is 5.86. The third kappa shape index (κ3) is 2.80. The Kier molecular flexibility index (Phi) is 3.13. The van der Waals surface area contributed by atoms with Crippen LogP contribution in [-0.4, -0.2) is 4.98 Å². The summed E-state index contributed by atoms with van der Waals surface area (Å²) >= 11 is 0. The van der Waals surface area contributed by atoms with Gasteiger partial charge in [0.1, 0.15) is 0 Å². The number of nitrogens with zero attached hydrogens (tertiary/aromatic N) is 1. The average molecular weight is 145 g/mol. The zero-order valence-electron chi connectivity index (χ0n) is 6.57. The first-order valence-electron chi connectivity index (χ1n) is 3.64. The summed E-state index contributed by atoms with van der Waals surface area (Å²) in [7, 11) is 0. The highest BCUT2D eigenvalue weighted by Gasteiger charge is 1.80. The summed E-state index contributed by atoms with van der Waals surface area (Å²) in [5, 5.41) is 0. The molecular formula is C10H11N. The summed E-state index contributed by atoms with van der Waals surface area (Å²) in [5.74, 6) is 0. The minimum absolute atomic E-state index is 0.991. The van der Waals surface area contributed by atoms with Gasteiger partial charge in [-0.2, -0.15) is 0 Å². The van der Waals surface area contributed by atoms with Gasteiger partial charge in [-0.15, -0.1) is 0 Å². The molecule has 1 heterocycles. The number of allylic oxidation sites excluding steroid dienone is 3. The molecular weight excluding hydrogens is 134 g/mol. The summed E-state index contributed by atoms with van der Waals surface area (Å²) in [4.78, 5) is 4.13. The van der Waals surface area contributed by atoms with Crippen LogP contribution in [0.4, 0.5) is 0 Å². The van der Waals surface area contributed by atoms with Gasteiger partial charge in [0, 0.05) is 6.20 Å². The van der Waals surface area contributed by atoms with Crippen molar-refractivity contribution < 1.29 is 0 Å². The van der Waals surface area contributed by atoms with Crippen molar-refractivity contribution in [1.29, 1.82) is 0 Å². The van der Waals surface area contributed by atoms with Crippen LogP contribution in [0.15, 0.2) is 42.6 Å². The zero-order valence-corrected chi connectivity index (χ0v) is 6.57. The second-order valence-corrected chi connectivity index (χ2v) is 2.14. The van der Waals surface area contributed by atoms with Gasteiger partial charge in [0.05, 0.1) is 5.69 Å². The third-order valence-corrected chi connectivity index (χ3v) is 1.26. The Morgan fingerprint density at radius 3 is 2.82 bits per heavy atom. The van der Waals surface area contributed by atoms with E-state index in [9.17, 15) is 0 Å². The predicted octanol–water partition coefficient (Wildman–Crippen LogP) is 2.67. The second kappa shape index (κ2) is 4.45. The highest BCUT2D eigenvalue weighted by molar-refractivity contribution is 5.46. The van der Waals surface area contributed by atoms with E-state index >= 15 is 0 Å². The van der Waals surface area contributed by atoms with Crippen LogP contribution in [0, 0.1) is 0 Å². The van der Waals surface area contributed by atoms with E-state index < -0.39 is 0 Å². The highest BCUT2D eigenvalue weighted by Crippen LogP contribution is 1.95. The zero-order chi connectivity index (χ0) is 7.94. The minimum Gasteiger partial charge on any atom is -0.257 e. The number of rotatable bonds is 2.